The fraction of sp³-hybridized carbons (Fsp3) is 0.118. The number of aromatic nitrogens is 1. The smallest absolute Gasteiger partial charge is 0.338 e. The number of nitrogens with zero attached hydrogens (tertiary/aromatic N) is 1. The largest absolute Gasteiger partial charge is 0.461 e. The van der Waals surface area contributed by atoms with Gasteiger partial charge >= 0.3 is 5.97 Å². The molecule has 1 amide bonds. The Morgan fingerprint density at radius 1 is 1.17 bits per heavy atom. The summed E-state index contributed by atoms with van der Waals surface area (Å²) in [5.41, 5.74) is 1.32. The maximum absolute atomic E-state index is 12.1. The summed E-state index contributed by atoms with van der Waals surface area (Å²) in [4.78, 5) is 23.1. The number of rotatable bonds is 5. The lowest BCUT2D eigenvalue weighted by Crippen LogP contribution is -2.09. The molecule has 7 nitrogen and oxygen atoms in total. The van der Waals surface area contributed by atoms with Crippen LogP contribution in [0.5, 0.6) is 0 Å². The number of carbonyl (C=O) groups is 2. The molecule has 0 saturated heterocycles. The third-order valence-corrected chi connectivity index (χ3v) is 3.09. The quantitative estimate of drug-likeness (QED) is 0.723. The van der Waals surface area contributed by atoms with E-state index in [1.807, 2.05) is 0 Å². The first-order valence-corrected chi connectivity index (χ1v) is 7.16. The molecule has 0 aliphatic carbocycles. The molecule has 0 saturated carbocycles. The van der Waals surface area contributed by atoms with Crippen molar-refractivity contribution in [3.63, 3.8) is 0 Å². The first-order chi connectivity index (χ1) is 11.6. The van der Waals surface area contributed by atoms with Crippen molar-refractivity contribution in [1.29, 1.82) is 0 Å². The zero-order valence-corrected chi connectivity index (χ0v) is 12.8. The summed E-state index contributed by atoms with van der Waals surface area (Å²) < 4.78 is 15.5. The summed E-state index contributed by atoms with van der Waals surface area (Å²) in [5.74, 6) is 0.264. The normalized spacial score (nSPS) is 10.4. The average molecular weight is 326 g/mol. The minimum Gasteiger partial charge on any atom is -0.461 e. The lowest BCUT2D eigenvalue weighted by Gasteiger charge is -2.05. The van der Waals surface area contributed by atoms with Crippen molar-refractivity contribution in [3.8, 4) is 11.5 Å². The van der Waals surface area contributed by atoms with Crippen molar-refractivity contribution >= 4 is 17.6 Å². The summed E-state index contributed by atoms with van der Waals surface area (Å²) in [6.45, 7) is 1.36. The molecule has 1 aromatic carbocycles. The maximum atomic E-state index is 12.1. The van der Waals surface area contributed by atoms with Gasteiger partial charge in [-0.3, -0.25) is 4.79 Å². The van der Waals surface area contributed by atoms with Crippen LogP contribution in [0.2, 0.25) is 0 Å². The number of ether oxygens (including phenoxy) is 1. The van der Waals surface area contributed by atoms with Gasteiger partial charge in [-0.25, -0.2) is 4.79 Å². The van der Waals surface area contributed by atoms with E-state index >= 15 is 0 Å². The average Bonchev–Trinajstić information content (AvgIpc) is 3.23. The van der Waals surface area contributed by atoms with E-state index in [-0.39, 0.29) is 12.5 Å². The summed E-state index contributed by atoms with van der Waals surface area (Å²) in [6, 6.07) is 11.6. The van der Waals surface area contributed by atoms with Crippen LogP contribution in [0.1, 0.15) is 23.0 Å². The number of amides is 1. The van der Waals surface area contributed by atoms with Gasteiger partial charge in [-0.15, -0.1) is 0 Å². The van der Waals surface area contributed by atoms with E-state index in [1.54, 1.807) is 42.5 Å². The molecule has 0 aliphatic rings. The highest BCUT2D eigenvalue weighted by atomic mass is 16.5. The van der Waals surface area contributed by atoms with Gasteiger partial charge in [0.05, 0.1) is 11.8 Å². The topological polar surface area (TPSA) is 94.6 Å². The number of esters is 1. The van der Waals surface area contributed by atoms with Crippen molar-refractivity contribution in [2.45, 2.75) is 13.5 Å². The maximum Gasteiger partial charge on any atom is 0.338 e. The Bertz CT molecular complexity index is 852. The molecule has 1 N–H and O–H groups in total. The predicted molar refractivity (Wildman–Crippen MR) is 84.1 cm³/mol. The van der Waals surface area contributed by atoms with Crippen molar-refractivity contribution in [2.75, 3.05) is 5.32 Å². The monoisotopic (exact) mass is 326 g/mol. The van der Waals surface area contributed by atoms with Crippen LogP contribution < -0.4 is 5.32 Å². The Hall–Kier alpha value is -3.35. The molecule has 7 heteroatoms. The second-order valence-corrected chi connectivity index (χ2v) is 5.00. The van der Waals surface area contributed by atoms with Crippen LogP contribution >= 0.6 is 0 Å². The Kier molecular flexibility index (Phi) is 4.42. The molecule has 2 aromatic heterocycles. The van der Waals surface area contributed by atoms with Gasteiger partial charge < -0.3 is 19.0 Å². The van der Waals surface area contributed by atoms with Gasteiger partial charge in [0.15, 0.2) is 5.76 Å². The highest BCUT2D eigenvalue weighted by Crippen LogP contribution is 2.21. The highest BCUT2D eigenvalue weighted by Gasteiger charge is 2.12. The number of hydrogen-bond donors (Lipinski definition) is 1. The zero-order chi connectivity index (χ0) is 16.9. The lowest BCUT2D eigenvalue weighted by molar-refractivity contribution is -0.114. The number of furan rings is 1. The third-order valence-electron chi connectivity index (χ3n) is 3.09. The van der Waals surface area contributed by atoms with Crippen LogP contribution in [0.15, 0.2) is 57.7 Å². The van der Waals surface area contributed by atoms with Crippen LogP contribution in [-0.2, 0) is 16.1 Å². The lowest BCUT2D eigenvalue weighted by atomic mass is 10.2. The molecule has 122 valence electrons. The standard InChI is InChI=1S/C17H14N2O5/c1-11(20)18-13-5-2-4-12(8-13)17(21)23-10-14-9-16(24-19-14)15-6-3-7-22-15/h2-9H,10H2,1H3,(H,18,20). The second kappa shape index (κ2) is 6.82. The number of anilines is 1. The predicted octanol–water partition coefficient (Wildman–Crippen LogP) is 3.25. The summed E-state index contributed by atoms with van der Waals surface area (Å²) in [6.07, 6.45) is 1.53. The van der Waals surface area contributed by atoms with E-state index in [9.17, 15) is 9.59 Å². The molecule has 0 aliphatic heterocycles. The first-order valence-electron chi connectivity index (χ1n) is 7.16. The van der Waals surface area contributed by atoms with Crippen LogP contribution in [-0.4, -0.2) is 17.0 Å². The van der Waals surface area contributed by atoms with E-state index in [4.69, 9.17) is 13.7 Å². The molecule has 0 spiro atoms. The van der Waals surface area contributed by atoms with Gasteiger partial charge in [-0.1, -0.05) is 11.2 Å². The Balaban J connectivity index is 1.62. The number of benzene rings is 1. The Morgan fingerprint density at radius 2 is 2.04 bits per heavy atom. The molecule has 0 atom stereocenters. The Morgan fingerprint density at radius 3 is 2.79 bits per heavy atom. The molecule has 3 rings (SSSR count). The molecule has 3 aromatic rings. The number of nitrogens with one attached hydrogen (secondary N) is 1. The van der Waals surface area contributed by atoms with Gasteiger partial charge in [0, 0.05) is 18.7 Å². The summed E-state index contributed by atoms with van der Waals surface area (Å²) >= 11 is 0. The van der Waals surface area contributed by atoms with Gasteiger partial charge in [0.1, 0.15) is 12.3 Å². The van der Waals surface area contributed by atoms with Crippen molar-refractivity contribution < 1.29 is 23.3 Å². The van der Waals surface area contributed by atoms with Crippen LogP contribution in [0.25, 0.3) is 11.5 Å². The van der Waals surface area contributed by atoms with Crippen molar-refractivity contribution in [3.05, 3.63) is 60.0 Å². The van der Waals surface area contributed by atoms with Gasteiger partial charge in [0.25, 0.3) is 0 Å². The van der Waals surface area contributed by atoms with Gasteiger partial charge in [-0.05, 0) is 30.3 Å². The minimum atomic E-state index is -0.523. The third kappa shape index (κ3) is 3.70. The minimum absolute atomic E-state index is 0.0343. The van der Waals surface area contributed by atoms with Crippen molar-refractivity contribution in [1.82, 2.24) is 5.16 Å². The van der Waals surface area contributed by atoms with Gasteiger partial charge in [-0.2, -0.15) is 0 Å². The first kappa shape index (κ1) is 15.5. The molecule has 2 heterocycles. The molecule has 24 heavy (non-hydrogen) atoms. The van der Waals surface area contributed by atoms with Gasteiger partial charge in [0.2, 0.25) is 11.7 Å². The Labute approximate surface area is 137 Å². The van der Waals surface area contributed by atoms with Crippen LogP contribution in [0, 0.1) is 0 Å². The number of carbonyl (C=O) groups excluding carboxylic acids is 2. The van der Waals surface area contributed by atoms with E-state index in [1.165, 1.54) is 13.2 Å². The molecule has 0 fully saturated rings. The van der Waals surface area contributed by atoms with Crippen LogP contribution in [0.4, 0.5) is 5.69 Å². The fourth-order valence-corrected chi connectivity index (χ4v) is 2.06. The molecule has 0 bridgehead atoms. The van der Waals surface area contributed by atoms with E-state index < -0.39 is 5.97 Å². The molecule has 0 radical (unpaired) electrons. The SMILES string of the molecule is CC(=O)Nc1cccc(C(=O)OCc2cc(-c3ccco3)on2)c1. The summed E-state index contributed by atoms with van der Waals surface area (Å²) in [5, 5.41) is 6.43. The van der Waals surface area contributed by atoms with E-state index in [2.05, 4.69) is 10.5 Å². The molecular weight excluding hydrogens is 312 g/mol. The van der Waals surface area contributed by atoms with E-state index in [0.717, 1.165) is 0 Å². The highest BCUT2D eigenvalue weighted by molar-refractivity contribution is 5.93. The fourth-order valence-electron chi connectivity index (χ4n) is 2.06. The molecular formula is C17H14N2O5. The number of hydrogen-bond acceptors (Lipinski definition) is 6. The van der Waals surface area contributed by atoms with E-state index in [0.29, 0.717) is 28.5 Å². The van der Waals surface area contributed by atoms with Crippen molar-refractivity contribution in [2.24, 2.45) is 0 Å². The summed E-state index contributed by atoms with van der Waals surface area (Å²) in [7, 11) is 0. The zero-order valence-electron chi connectivity index (χ0n) is 12.8. The molecule has 0 unspecified atom stereocenters. The van der Waals surface area contributed by atoms with Crippen LogP contribution in [0.3, 0.4) is 0 Å². The second-order valence-electron chi connectivity index (χ2n) is 5.00.